The van der Waals surface area contributed by atoms with E-state index in [0.717, 1.165) is 31.9 Å². The van der Waals surface area contributed by atoms with Crippen molar-refractivity contribution in [2.45, 2.75) is 31.3 Å². The van der Waals surface area contributed by atoms with Gasteiger partial charge in [0.2, 0.25) is 0 Å². The first kappa shape index (κ1) is 17.7. The molecule has 1 unspecified atom stereocenters. The van der Waals surface area contributed by atoms with Crippen LogP contribution in [-0.2, 0) is 24.4 Å². The molecule has 1 N–H and O–H groups in total. The number of piperazine rings is 1. The molecule has 0 saturated carbocycles. The lowest BCUT2D eigenvalue weighted by molar-refractivity contribution is -0.108. The number of carbonyl (C=O) groups excluding carboxylic acids is 1. The fourth-order valence-corrected chi connectivity index (χ4v) is 4.70. The number of ether oxygens (including phenoxy) is 1. The highest BCUT2D eigenvalue weighted by Gasteiger charge is 2.61. The maximum atomic E-state index is 12.4. The van der Waals surface area contributed by atoms with Gasteiger partial charge in [-0.05, 0) is 17.7 Å². The largest absolute Gasteiger partial charge is 0.462 e. The zero-order valence-electron chi connectivity index (χ0n) is 15.8. The highest BCUT2D eigenvalue weighted by molar-refractivity contribution is 5.72. The van der Waals surface area contributed by atoms with Crippen LogP contribution in [0.15, 0.2) is 46.9 Å². The average Bonchev–Trinajstić information content (AvgIpc) is 3.25. The minimum atomic E-state index is -0.418. The van der Waals surface area contributed by atoms with E-state index in [1.807, 2.05) is 17.0 Å². The lowest BCUT2D eigenvalue weighted by Gasteiger charge is -2.51. The molecule has 0 aliphatic carbocycles. The number of fused-ring (bicyclic) bond motifs is 2. The van der Waals surface area contributed by atoms with Crippen molar-refractivity contribution in [1.82, 2.24) is 14.7 Å². The average molecular weight is 383 g/mol. The number of rotatable bonds is 5. The Morgan fingerprint density at radius 2 is 1.79 bits per heavy atom. The second kappa shape index (κ2) is 6.92. The Hall–Kier alpha value is -2.35. The van der Waals surface area contributed by atoms with Gasteiger partial charge in [0.1, 0.15) is 18.1 Å². The summed E-state index contributed by atoms with van der Waals surface area (Å²) in [4.78, 5) is 19.0. The van der Waals surface area contributed by atoms with Gasteiger partial charge in [0, 0.05) is 39.3 Å². The minimum Gasteiger partial charge on any atom is -0.462 e. The number of hydrogen-bond donors (Lipinski definition) is 1. The third-order valence-electron chi connectivity index (χ3n) is 6.08. The van der Waals surface area contributed by atoms with Gasteiger partial charge >= 0.3 is 6.09 Å². The Balaban J connectivity index is 1.24. The third-order valence-corrected chi connectivity index (χ3v) is 6.08. The number of nitrogens with zero attached hydrogens (tertiary/aromatic N) is 3. The third kappa shape index (κ3) is 3.09. The van der Waals surface area contributed by atoms with E-state index in [0.29, 0.717) is 25.4 Å². The summed E-state index contributed by atoms with van der Waals surface area (Å²) in [7, 11) is 0. The van der Waals surface area contributed by atoms with Gasteiger partial charge in [-0.15, -0.1) is 0 Å². The summed E-state index contributed by atoms with van der Waals surface area (Å²) >= 11 is 0. The molecule has 0 bridgehead atoms. The number of furan rings is 1. The molecule has 1 aromatic heterocycles. The summed E-state index contributed by atoms with van der Waals surface area (Å²) in [5.41, 5.74) is 0.877. The van der Waals surface area contributed by atoms with E-state index in [4.69, 9.17) is 14.3 Å². The van der Waals surface area contributed by atoms with Crippen LogP contribution in [0.5, 0.6) is 0 Å². The van der Waals surface area contributed by atoms with Crippen molar-refractivity contribution in [2.75, 3.05) is 32.7 Å². The summed E-state index contributed by atoms with van der Waals surface area (Å²) < 4.78 is 11.5. The molecule has 0 radical (unpaired) electrons. The van der Waals surface area contributed by atoms with Gasteiger partial charge in [0.05, 0.1) is 12.6 Å². The Morgan fingerprint density at radius 1 is 1.00 bits per heavy atom. The summed E-state index contributed by atoms with van der Waals surface area (Å²) in [5.74, 6) is 1.40. The highest BCUT2D eigenvalue weighted by atomic mass is 16.6. The fourth-order valence-electron chi connectivity index (χ4n) is 4.70. The second-order valence-corrected chi connectivity index (χ2v) is 8.03. The summed E-state index contributed by atoms with van der Waals surface area (Å²) in [6.07, 6.45) is -0.176. The van der Waals surface area contributed by atoms with Gasteiger partial charge in [-0.1, -0.05) is 30.3 Å². The SMILES string of the molecule is O=C1OC2(CN(Cc3ccc(CO)o3)C2)C2CN(Cc3ccccc3)CCN12. The summed E-state index contributed by atoms with van der Waals surface area (Å²) in [5, 5.41) is 9.14. The van der Waals surface area contributed by atoms with Gasteiger partial charge in [-0.25, -0.2) is 4.79 Å². The summed E-state index contributed by atoms with van der Waals surface area (Å²) in [6.45, 7) is 5.34. The number of benzene rings is 1. The van der Waals surface area contributed by atoms with Gasteiger partial charge in [0.15, 0.2) is 5.60 Å². The van der Waals surface area contributed by atoms with Crippen molar-refractivity contribution in [1.29, 1.82) is 0 Å². The molecule has 3 fully saturated rings. The molecule has 3 saturated heterocycles. The van der Waals surface area contributed by atoms with Crippen molar-refractivity contribution in [3.05, 3.63) is 59.5 Å². The van der Waals surface area contributed by atoms with E-state index in [2.05, 4.69) is 34.1 Å². The number of hydrogen-bond acceptors (Lipinski definition) is 6. The fraction of sp³-hybridized carbons (Fsp3) is 0.476. The molecule has 7 nitrogen and oxygen atoms in total. The first-order chi connectivity index (χ1) is 13.6. The number of aliphatic hydroxyl groups is 1. The van der Waals surface area contributed by atoms with Crippen LogP contribution in [0.2, 0.25) is 0 Å². The smallest absolute Gasteiger partial charge is 0.410 e. The molecule has 4 heterocycles. The second-order valence-electron chi connectivity index (χ2n) is 8.03. The number of likely N-dealkylation sites (tertiary alicyclic amines) is 1. The van der Waals surface area contributed by atoms with E-state index in [1.54, 1.807) is 6.07 Å². The van der Waals surface area contributed by atoms with E-state index in [1.165, 1.54) is 5.56 Å². The molecule has 1 aromatic carbocycles. The van der Waals surface area contributed by atoms with Crippen molar-refractivity contribution in [2.24, 2.45) is 0 Å². The lowest BCUT2D eigenvalue weighted by atomic mass is 9.84. The standard InChI is InChI=1S/C21H25N3O4/c25-13-18-7-6-17(27-18)11-23-14-21(15-23)19-12-22(8-9-24(19)20(26)28-21)10-16-4-2-1-3-5-16/h1-7,19,25H,8-15H2. The Kier molecular flexibility index (Phi) is 4.38. The zero-order valence-corrected chi connectivity index (χ0v) is 15.8. The van der Waals surface area contributed by atoms with E-state index < -0.39 is 5.60 Å². The molecule has 28 heavy (non-hydrogen) atoms. The number of carbonyl (C=O) groups is 1. The van der Waals surface area contributed by atoms with Gasteiger partial charge < -0.3 is 14.3 Å². The van der Waals surface area contributed by atoms with Crippen molar-refractivity contribution in [3.63, 3.8) is 0 Å². The Morgan fingerprint density at radius 3 is 2.54 bits per heavy atom. The van der Waals surface area contributed by atoms with Gasteiger partial charge in [-0.3, -0.25) is 14.7 Å². The van der Waals surface area contributed by atoms with Gasteiger partial charge in [-0.2, -0.15) is 0 Å². The maximum absolute atomic E-state index is 12.4. The van der Waals surface area contributed by atoms with Crippen LogP contribution in [-0.4, -0.2) is 70.3 Å². The van der Waals surface area contributed by atoms with Crippen molar-refractivity contribution >= 4 is 6.09 Å². The van der Waals surface area contributed by atoms with E-state index in [-0.39, 0.29) is 18.7 Å². The molecule has 1 amide bonds. The molecular formula is C21H25N3O4. The summed E-state index contributed by atoms with van der Waals surface area (Å²) in [6, 6.07) is 14.2. The van der Waals surface area contributed by atoms with Crippen molar-refractivity contribution in [3.8, 4) is 0 Å². The first-order valence-corrected chi connectivity index (χ1v) is 9.82. The normalized spacial score (nSPS) is 24.2. The molecule has 1 atom stereocenters. The van der Waals surface area contributed by atoms with E-state index in [9.17, 15) is 4.79 Å². The van der Waals surface area contributed by atoms with E-state index >= 15 is 0 Å². The van der Waals surface area contributed by atoms with Crippen LogP contribution >= 0.6 is 0 Å². The molecule has 7 heteroatoms. The molecule has 1 spiro atoms. The lowest BCUT2D eigenvalue weighted by Crippen LogP contribution is -2.70. The minimum absolute atomic E-state index is 0.0875. The molecule has 3 aliphatic heterocycles. The molecular weight excluding hydrogens is 358 g/mol. The quantitative estimate of drug-likeness (QED) is 0.847. The number of aliphatic hydroxyl groups excluding tert-OH is 1. The predicted molar refractivity (Wildman–Crippen MR) is 101 cm³/mol. The molecule has 3 aliphatic rings. The maximum Gasteiger partial charge on any atom is 0.410 e. The van der Waals surface area contributed by atoms with Crippen LogP contribution in [0, 0.1) is 0 Å². The molecule has 148 valence electrons. The monoisotopic (exact) mass is 383 g/mol. The van der Waals surface area contributed by atoms with Gasteiger partial charge in [0.25, 0.3) is 0 Å². The van der Waals surface area contributed by atoms with Crippen LogP contribution < -0.4 is 0 Å². The topological polar surface area (TPSA) is 69.4 Å². The van der Waals surface area contributed by atoms with Crippen LogP contribution in [0.3, 0.4) is 0 Å². The Bertz CT molecular complexity index is 846. The predicted octanol–water partition coefficient (Wildman–Crippen LogP) is 1.66. The van der Waals surface area contributed by atoms with Crippen LogP contribution in [0.4, 0.5) is 4.79 Å². The zero-order chi connectivity index (χ0) is 19.1. The van der Waals surface area contributed by atoms with Crippen LogP contribution in [0.1, 0.15) is 17.1 Å². The Labute approximate surface area is 164 Å². The molecule has 5 rings (SSSR count). The van der Waals surface area contributed by atoms with Crippen LogP contribution in [0.25, 0.3) is 0 Å². The first-order valence-electron chi connectivity index (χ1n) is 9.82. The highest BCUT2D eigenvalue weighted by Crippen LogP contribution is 2.40. The number of amides is 1. The van der Waals surface area contributed by atoms with Crippen molar-refractivity contribution < 1.29 is 19.1 Å². The molecule has 2 aromatic rings.